The summed E-state index contributed by atoms with van der Waals surface area (Å²) in [6.07, 6.45) is 2.25. The summed E-state index contributed by atoms with van der Waals surface area (Å²) in [7, 11) is 1.62. The minimum absolute atomic E-state index is 0.0244. The molecule has 0 radical (unpaired) electrons. The summed E-state index contributed by atoms with van der Waals surface area (Å²) in [5, 5.41) is 11.9. The summed E-state index contributed by atoms with van der Waals surface area (Å²) in [5.74, 6) is 0.379. The van der Waals surface area contributed by atoms with E-state index in [4.69, 9.17) is 10.1 Å². The summed E-state index contributed by atoms with van der Waals surface area (Å²) >= 11 is 0. The number of nitrogens with one attached hydrogen (secondary N) is 2. The number of methoxy groups -OCH3 is 1. The number of carbonyl (C=O) groups is 1. The fourth-order valence-corrected chi connectivity index (χ4v) is 3.65. The van der Waals surface area contributed by atoms with Crippen molar-refractivity contribution in [1.29, 1.82) is 5.41 Å². The van der Waals surface area contributed by atoms with E-state index in [1.807, 2.05) is 38.1 Å². The molecule has 3 heterocycles. The molecule has 8 nitrogen and oxygen atoms in total. The van der Waals surface area contributed by atoms with Gasteiger partial charge in [0, 0.05) is 18.8 Å². The summed E-state index contributed by atoms with van der Waals surface area (Å²) in [6.45, 7) is 4.09. The minimum atomic E-state index is -0.386. The fraction of sp³-hybridized carbons (Fsp3) is 0.250. The largest absolute Gasteiger partial charge is 0.497 e. The Hall–Kier alpha value is -3.94. The van der Waals surface area contributed by atoms with Crippen LogP contribution in [0.4, 0.5) is 0 Å². The molecule has 32 heavy (non-hydrogen) atoms. The maximum absolute atomic E-state index is 13.2. The first kappa shape index (κ1) is 21.3. The number of benzene rings is 1. The molecular formula is C24H25N5O3. The lowest BCUT2D eigenvalue weighted by molar-refractivity contribution is 0.0940. The molecule has 4 aromatic rings. The van der Waals surface area contributed by atoms with Crippen LogP contribution in [0.25, 0.3) is 16.7 Å². The number of fused-ring (bicyclic) bond motifs is 2. The van der Waals surface area contributed by atoms with Crippen molar-refractivity contribution >= 4 is 22.6 Å². The van der Waals surface area contributed by atoms with Crippen molar-refractivity contribution in [2.24, 2.45) is 0 Å². The SMILES string of the molecule is COc1ccc(CCn2c(=N)c(C(=O)NC(C)C)cc3c(=O)n4ccccc4nc32)cc1. The molecule has 1 amide bonds. The molecule has 0 unspecified atom stereocenters. The van der Waals surface area contributed by atoms with Crippen molar-refractivity contribution in [3.63, 3.8) is 0 Å². The first-order valence-corrected chi connectivity index (χ1v) is 10.4. The summed E-state index contributed by atoms with van der Waals surface area (Å²) in [5.41, 5.74) is 1.82. The minimum Gasteiger partial charge on any atom is -0.497 e. The van der Waals surface area contributed by atoms with Gasteiger partial charge in [-0.25, -0.2) is 4.98 Å². The van der Waals surface area contributed by atoms with Gasteiger partial charge in [-0.05, 0) is 56.2 Å². The monoisotopic (exact) mass is 431 g/mol. The van der Waals surface area contributed by atoms with E-state index in [1.165, 1.54) is 10.5 Å². The van der Waals surface area contributed by atoms with E-state index >= 15 is 0 Å². The zero-order valence-electron chi connectivity index (χ0n) is 18.3. The van der Waals surface area contributed by atoms with Gasteiger partial charge in [0.25, 0.3) is 11.5 Å². The van der Waals surface area contributed by atoms with Crippen molar-refractivity contribution in [1.82, 2.24) is 19.3 Å². The molecule has 0 bridgehead atoms. The first-order valence-electron chi connectivity index (χ1n) is 10.4. The molecule has 4 rings (SSSR count). The number of amides is 1. The quantitative estimate of drug-likeness (QED) is 0.458. The molecule has 0 saturated heterocycles. The van der Waals surface area contributed by atoms with Crippen molar-refractivity contribution in [2.75, 3.05) is 7.11 Å². The Labute approximate surface area is 184 Å². The second-order valence-corrected chi connectivity index (χ2v) is 7.87. The zero-order chi connectivity index (χ0) is 22.8. The van der Waals surface area contributed by atoms with Gasteiger partial charge in [-0.1, -0.05) is 18.2 Å². The highest BCUT2D eigenvalue weighted by Gasteiger charge is 2.18. The Kier molecular flexibility index (Phi) is 5.77. The lowest BCUT2D eigenvalue weighted by Crippen LogP contribution is -2.37. The van der Waals surface area contributed by atoms with Gasteiger partial charge in [-0.3, -0.25) is 19.4 Å². The average molecular weight is 431 g/mol. The molecule has 0 fully saturated rings. The van der Waals surface area contributed by atoms with Gasteiger partial charge >= 0.3 is 0 Å². The molecule has 0 atom stereocenters. The topological polar surface area (TPSA) is 101 Å². The first-order chi connectivity index (χ1) is 15.4. The third kappa shape index (κ3) is 3.99. The molecular weight excluding hydrogens is 406 g/mol. The predicted molar refractivity (Wildman–Crippen MR) is 122 cm³/mol. The molecule has 0 aliphatic carbocycles. The lowest BCUT2D eigenvalue weighted by Gasteiger charge is -2.15. The van der Waals surface area contributed by atoms with E-state index in [-0.39, 0.29) is 28.6 Å². The Morgan fingerprint density at radius 1 is 1.19 bits per heavy atom. The van der Waals surface area contributed by atoms with Crippen LogP contribution in [-0.4, -0.2) is 33.0 Å². The highest BCUT2D eigenvalue weighted by Crippen LogP contribution is 2.14. The Morgan fingerprint density at radius 3 is 2.62 bits per heavy atom. The Balaban J connectivity index is 1.89. The number of aryl methyl sites for hydroxylation is 2. The zero-order valence-corrected chi connectivity index (χ0v) is 18.3. The standard InChI is InChI=1S/C24H25N5O3/c1-15(2)26-23(30)18-14-19-22(27-20-6-4-5-12-28(20)24(19)31)29(21(18)25)13-11-16-7-9-17(32-3)10-8-16/h4-10,12,14-15,25H,11,13H2,1-3H3,(H,26,30). The van der Waals surface area contributed by atoms with Crippen LogP contribution in [0.2, 0.25) is 0 Å². The number of hydrogen-bond donors (Lipinski definition) is 2. The molecule has 1 aromatic carbocycles. The number of rotatable bonds is 6. The third-order valence-electron chi connectivity index (χ3n) is 5.27. The molecule has 0 aliphatic rings. The highest BCUT2D eigenvalue weighted by molar-refractivity contribution is 5.97. The summed E-state index contributed by atoms with van der Waals surface area (Å²) in [6, 6.07) is 14.4. The molecule has 0 spiro atoms. The smallest absolute Gasteiger partial charge is 0.267 e. The van der Waals surface area contributed by atoms with Crippen LogP contribution < -0.4 is 21.1 Å². The van der Waals surface area contributed by atoms with Crippen LogP contribution >= 0.6 is 0 Å². The van der Waals surface area contributed by atoms with E-state index in [0.29, 0.717) is 29.6 Å². The van der Waals surface area contributed by atoms with Gasteiger partial charge < -0.3 is 14.6 Å². The maximum Gasteiger partial charge on any atom is 0.267 e. The maximum atomic E-state index is 13.2. The Bertz CT molecular complexity index is 1420. The van der Waals surface area contributed by atoms with Crippen molar-refractivity contribution < 1.29 is 9.53 Å². The van der Waals surface area contributed by atoms with E-state index in [2.05, 4.69) is 10.3 Å². The van der Waals surface area contributed by atoms with Gasteiger partial charge in [0.1, 0.15) is 22.5 Å². The number of nitrogens with zero attached hydrogens (tertiary/aromatic N) is 3. The van der Waals surface area contributed by atoms with Gasteiger partial charge in [0.15, 0.2) is 0 Å². The van der Waals surface area contributed by atoms with Crippen molar-refractivity contribution in [3.05, 3.63) is 81.7 Å². The second-order valence-electron chi connectivity index (χ2n) is 7.87. The van der Waals surface area contributed by atoms with Gasteiger partial charge in [0.05, 0.1) is 18.1 Å². The molecule has 0 aliphatic heterocycles. The molecule has 3 aromatic heterocycles. The number of hydrogen-bond acceptors (Lipinski definition) is 5. The van der Waals surface area contributed by atoms with E-state index in [0.717, 1.165) is 11.3 Å². The van der Waals surface area contributed by atoms with Crippen LogP contribution in [0.15, 0.2) is 59.5 Å². The van der Waals surface area contributed by atoms with Crippen LogP contribution in [0.1, 0.15) is 29.8 Å². The number of pyridine rings is 2. The van der Waals surface area contributed by atoms with Gasteiger partial charge in [-0.15, -0.1) is 0 Å². The number of carbonyl (C=O) groups excluding carboxylic acids is 1. The number of aromatic nitrogens is 3. The fourth-order valence-electron chi connectivity index (χ4n) is 3.65. The van der Waals surface area contributed by atoms with E-state index < -0.39 is 0 Å². The third-order valence-corrected chi connectivity index (χ3v) is 5.27. The Morgan fingerprint density at radius 2 is 1.94 bits per heavy atom. The van der Waals surface area contributed by atoms with Crippen molar-refractivity contribution in [3.8, 4) is 5.75 Å². The normalized spacial score (nSPS) is 11.2. The van der Waals surface area contributed by atoms with Gasteiger partial charge in [0.2, 0.25) is 0 Å². The van der Waals surface area contributed by atoms with Crippen LogP contribution in [0, 0.1) is 5.41 Å². The van der Waals surface area contributed by atoms with Crippen LogP contribution in [-0.2, 0) is 13.0 Å². The summed E-state index contributed by atoms with van der Waals surface area (Å²) < 4.78 is 8.30. The van der Waals surface area contributed by atoms with Crippen molar-refractivity contribution in [2.45, 2.75) is 32.9 Å². The van der Waals surface area contributed by atoms with Crippen LogP contribution in [0.3, 0.4) is 0 Å². The highest BCUT2D eigenvalue weighted by atomic mass is 16.5. The number of ether oxygens (including phenoxy) is 1. The molecule has 2 N–H and O–H groups in total. The summed E-state index contributed by atoms with van der Waals surface area (Å²) in [4.78, 5) is 30.7. The van der Waals surface area contributed by atoms with E-state index in [1.54, 1.807) is 36.1 Å². The van der Waals surface area contributed by atoms with Crippen LogP contribution in [0.5, 0.6) is 5.75 Å². The van der Waals surface area contributed by atoms with Gasteiger partial charge in [-0.2, -0.15) is 0 Å². The molecule has 8 heteroatoms. The predicted octanol–water partition coefficient (Wildman–Crippen LogP) is 2.52. The molecule has 164 valence electrons. The lowest BCUT2D eigenvalue weighted by atomic mass is 10.1. The van der Waals surface area contributed by atoms with E-state index in [9.17, 15) is 9.59 Å². The molecule has 0 saturated carbocycles. The average Bonchev–Trinajstić information content (AvgIpc) is 2.78. The second kappa shape index (κ2) is 8.66.